The highest BCUT2D eigenvalue weighted by atomic mass is 32.1. The highest BCUT2D eigenvalue weighted by Gasteiger charge is 2.24. The van der Waals surface area contributed by atoms with E-state index < -0.39 is 5.97 Å². The van der Waals surface area contributed by atoms with Crippen LogP contribution in [-0.4, -0.2) is 18.5 Å². The first-order valence-electron chi connectivity index (χ1n) is 9.66. The number of amides is 1. The molecule has 152 valence electrons. The Labute approximate surface area is 174 Å². The lowest BCUT2D eigenvalue weighted by Crippen LogP contribution is -2.12. The molecule has 5 nitrogen and oxygen atoms in total. The van der Waals surface area contributed by atoms with Crippen molar-refractivity contribution in [1.82, 2.24) is 0 Å². The van der Waals surface area contributed by atoms with Gasteiger partial charge in [0.1, 0.15) is 22.9 Å². The van der Waals surface area contributed by atoms with E-state index >= 15 is 0 Å². The summed E-state index contributed by atoms with van der Waals surface area (Å²) in [5.41, 5.74) is 3.61. The molecular formula is C23H25NO4S. The Bertz CT molecular complexity index is 1040. The summed E-state index contributed by atoms with van der Waals surface area (Å²) in [6, 6.07) is 12.0. The van der Waals surface area contributed by atoms with Gasteiger partial charge < -0.3 is 14.8 Å². The smallest absolute Gasteiger partial charge is 0.341 e. The number of esters is 1. The lowest BCUT2D eigenvalue weighted by atomic mass is 10.1. The topological polar surface area (TPSA) is 64.6 Å². The number of carbonyl (C=O) groups is 2. The second-order valence-corrected chi connectivity index (χ2v) is 7.81. The quantitative estimate of drug-likeness (QED) is 0.512. The van der Waals surface area contributed by atoms with Gasteiger partial charge in [0.2, 0.25) is 5.91 Å². The van der Waals surface area contributed by atoms with Gasteiger partial charge in [-0.25, -0.2) is 4.79 Å². The molecule has 3 rings (SSSR count). The average molecular weight is 412 g/mol. The maximum Gasteiger partial charge on any atom is 0.341 e. The largest absolute Gasteiger partial charge is 0.487 e. The van der Waals surface area contributed by atoms with E-state index in [0.29, 0.717) is 23.6 Å². The van der Waals surface area contributed by atoms with E-state index in [2.05, 4.69) is 17.4 Å². The molecule has 0 atom stereocenters. The van der Waals surface area contributed by atoms with Crippen LogP contribution in [0.15, 0.2) is 36.4 Å². The first-order chi connectivity index (χ1) is 13.9. The van der Waals surface area contributed by atoms with Gasteiger partial charge in [-0.05, 0) is 31.9 Å². The zero-order chi connectivity index (χ0) is 21.0. The van der Waals surface area contributed by atoms with Gasteiger partial charge in [0.05, 0.1) is 11.3 Å². The van der Waals surface area contributed by atoms with Crippen molar-refractivity contribution in [2.75, 3.05) is 11.9 Å². The average Bonchev–Trinajstić information content (AvgIpc) is 3.06. The van der Waals surface area contributed by atoms with Gasteiger partial charge in [-0.2, -0.15) is 0 Å². The van der Waals surface area contributed by atoms with Crippen LogP contribution >= 0.6 is 11.3 Å². The van der Waals surface area contributed by atoms with Crippen LogP contribution in [0.2, 0.25) is 0 Å². The van der Waals surface area contributed by atoms with Crippen LogP contribution in [0, 0.1) is 13.8 Å². The minimum Gasteiger partial charge on any atom is -0.487 e. The van der Waals surface area contributed by atoms with Crippen molar-refractivity contribution in [3.8, 4) is 5.75 Å². The van der Waals surface area contributed by atoms with E-state index in [-0.39, 0.29) is 12.5 Å². The molecule has 1 N–H and O–H groups in total. The molecule has 0 spiro atoms. The van der Waals surface area contributed by atoms with Crippen LogP contribution in [0.25, 0.3) is 10.1 Å². The summed E-state index contributed by atoms with van der Waals surface area (Å²) in [6.45, 7) is 8.23. The van der Waals surface area contributed by atoms with Crippen LogP contribution in [0.3, 0.4) is 0 Å². The zero-order valence-electron chi connectivity index (χ0n) is 17.1. The number of benzene rings is 2. The van der Waals surface area contributed by atoms with Gasteiger partial charge in [-0.1, -0.05) is 48.9 Å². The number of hydrogen-bond acceptors (Lipinski definition) is 5. The maximum atomic E-state index is 12.6. The summed E-state index contributed by atoms with van der Waals surface area (Å²) in [5.74, 6) is 0.120. The normalized spacial score (nSPS) is 10.8. The molecule has 0 radical (unpaired) electrons. The number of anilines is 1. The number of carbonyl (C=O) groups excluding carboxylic acids is 2. The fourth-order valence-electron chi connectivity index (χ4n) is 2.96. The number of aryl methyl sites for hydroxylation is 2. The summed E-state index contributed by atoms with van der Waals surface area (Å²) in [4.78, 5) is 24.6. The van der Waals surface area contributed by atoms with E-state index in [0.717, 1.165) is 27.0 Å². The van der Waals surface area contributed by atoms with Gasteiger partial charge in [0, 0.05) is 11.8 Å². The third-order valence-electron chi connectivity index (χ3n) is 4.57. The predicted molar refractivity (Wildman–Crippen MR) is 117 cm³/mol. The highest BCUT2D eigenvalue weighted by Crippen LogP contribution is 2.43. The van der Waals surface area contributed by atoms with Gasteiger partial charge >= 0.3 is 5.97 Å². The first kappa shape index (κ1) is 20.9. The summed E-state index contributed by atoms with van der Waals surface area (Å²) in [5, 5.41) is 4.06. The molecule has 0 bridgehead atoms. The van der Waals surface area contributed by atoms with Crippen LogP contribution in [-0.2, 0) is 16.1 Å². The Hall–Kier alpha value is -2.86. The van der Waals surface area contributed by atoms with Crippen LogP contribution in [0.1, 0.15) is 47.3 Å². The SMILES string of the molecule is CCOC(=O)c1c(NC(=O)CC)sc2c(OCc3ccc(C)cc3)c(C)ccc12. The molecule has 2 aromatic carbocycles. The molecule has 0 aliphatic rings. The molecule has 0 aliphatic carbocycles. The molecule has 0 saturated carbocycles. The first-order valence-corrected chi connectivity index (χ1v) is 10.5. The zero-order valence-corrected chi connectivity index (χ0v) is 17.9. The fourth-order valence-corrected chi connectivity index (χ4v) is 4.22. The van der Waals surface area contributed by atoms with Crippen LogP contribution in [0.4, 0.5) is 5.00 Å². The van der Waals surface area contributed by atoms with Crippen molar-refractivity contribution in [2.24, 2.45) is 0 Å². The molecule has 6 heteroatoms. The molecule has 1 aromatic heterocycles. The lowest BCUT2D eigenvalue weighted by molar-refractivity contribution is -0.115. The third kappa shape index (κ3) is 4.59. The molecule has 1 heterocycles. The number of ether oxygens (including phenoxy) is 2. The van der Waals surface area contributed by atoms with Crippen molar-refractivity contribution >= 4 is 38.3 Å². The molecule has 0 unspecified atom stereocenters. The molecule has 29 heavy (non-hydrogen) atoms. The lowest BCUT2D eigenvalue weighted by Gasteiger charge is -2.11. The molecular weight excluding hydrogens is 386 g/mol. The number of nitrogens with one attached hydrogen (secondary N) is 1. The van der Waals surface area contributed by atoms with E-state index in [1.165, 1.54) is 16.9 Å². The van der Waals surface area contributed by atoms with E-state index in [9.17, 15) is 9.59 Å². The summed E-state index contributed by atoms with van der Waals surface area (Å²) >= 11 is 1.34. The van der Waals surface area contributed by atoms with Crippen LogP contribution in [0.5, 0.6) is 5.75 Å². The number of hydrogen-bond donors (Lipinski definition) is 1. The molecule has 0 aliphatic heterocycles. The third-order valence-corrected chi connectivity index (χ3v) is 5.69. The molecule has 1 amide bonds. The monoisotopic (exact) mass is 411 g/mol. The van der Waals surface area contributed by atoms with Crippen molar-refractivity contribution in [3.63, 3.8) is 0 Å². The minimum absolute atomic E-state index is 0.152. The molecule has 0 fully saturated rings. The molecule has 3 aromatic rings. The van der Waals surface area contributed by atoms with Crippen molar-refractivity contribution in [1.29, 1.82) is 0 Å². The Balaban J connectivity index is 2.04. The Kier molecular flexibility index (Phi) is 6.54. The predicted octanol–water partition coefficient (Wildman–Crippen LogP) is 5.62. The standard InChI is InChI=1S/C23H25NO4S/c1-5-18(25)24-22-19(23(26)27-6-2)17-12-9-15(4)20(21(17)29-22)28-13-16-10-7-14(3)8-11-16/h7-12H,5-6,13H2,1-4H3,(H,24,25). The van der Waals surface area contributed by atoms with E-state index in [1.807, 2.05) is 38.1 Å². The van der Waals surface area contributed by atoms with E-state index in [1.54, 1.807) is 13.8 Å². The van der Waals surface area contributed by atoms with Crippen molar-refractivity contribution in [2.45, 2.75) is 40.7 Å². The number of rotatable bonds is 7. The number of thiophene rings is 1. The Morgan fingerprint density at radius 2 is 1.76 bits per heavy atom. The van der Waals surface area contributed by atoms with Crippen molar-refractivity contribution in [3.05, 3.63) is 58.7 Å². The highest BCUT2D eigenvalue weighted by molar-refractivity contribution is 7.24. The van der Waals surface area contributed by atoms with Gasteiger partial charge in [0.15, 0.2) is 0 Å². The van der Waals surface area contributed by atoms with Gasteiger partial charge in [-0.3, -0.25) is 4.79 Å². The second-order valence-electron chi connectivity index (χ2n) is 6.79. The minimum atomic E-state index is -0.446. The Morgan fingerprint density at radius 3 is 2.41 bits per heavy atom. The van der Waals surface area contributed by atoms with Gasteiger partial charge in [-0.15, -0.1) is 11.3 Å². The van der Waals surface area contributed by atoms with Crippen LogP contribution < -0.4 is 10.1 Å². The summed E-state index contributed by atoms with van der Waals surface area (Å²) in [7, 11) is 0. The summed E-state index contributed by atoms with van der Waals surface area (Å²) in [6.07, 6.45) is 0.326. The van der Waals surface area contributed by atoms with E-state index in [4.69, 9.17) is 9.47 Å². The van der Waals surface area contributed by atoms with Gasteiger partial charge in [0.25, 0.3) is 0 Å². The Morgan fingerprint density at radius 1 is 1.03 bits per heavy atom. The summed E-state index contributed by atoms with van der Waals surface area (Å²) < 4.78 is 12.2. The maximum absolute atomic E-state index is 12.6. The fraction of sp³-hybridized carbons (Fsp3) is 0.304. The van der Waals surface area contributed by atoms with Crippen molar-refractivity contribution < 1.29 is 19.1 Å². The number of fused-ring (bicyclic) bond motifs is 1. The second kappa shape index (κ2) is 9.09. The molecule has 0 saturated heterocycles.